The molecule has 4 unspecified atom stereocenters. The maximum absolute atomic E-state index is 14.3. The molecule has 6 atom stereocenters. The normalized spacial score (nSPS) is 27.0. The Morgan fingerprint density at radius 3 is 2.62 bits per heavy atom. The molecule has 1 aliphatic heterocycles. The Labute approximate surface area is 200 Å². The molecule has 2 aromatic heterocycles. The average molecular weight is 521 g/mol. The van der Waals surface area contributed by atoms with Crippen LogP contribution in [0.1, 0.15) is 52.3 Å². The smallest absolute Gasteiger partial charge is 0.359 e. The summed E-state index contributed by atoms with van der Waals surface area (Å²) in [5, 5.41) is 29.8. The minimum Gasteiger partial charge on any atom is -0.388 e. The lowest BCUT2D eigenvalue weighted by atomic mass is 9.93. The summed E-state index contributed by atoms with van der Waals surface area (Å²) in [6, 6.07) is 0. The molecular weight excluding hydrogens is 490 g/mol. The third-order valence-corrected chi connectivity index (χ3v) is 8.44. The highest BCUT2D eigenvalue weighted by Crippen LogP contribution is 2.57. The molecule has 2 aromatic rings. The third kappa shape index (κ3) is 5.02. The number of aliphatic imine (C=N–C) groups is 1. The van der Waals surface area contributed by atoms with Crippen LogP contribution < -0.4 is 0 Å². The molecule has 0 bridgehead atoms. The summed E-state index contributed by atoms with van der Waals surface area (Å²) in [5.74, 6) is -0.635. The maximum Gasteiger partial charge on any atom is 0.359 e. The van der Waals surface area contributed by atoms with Crippen LogP contribution in [-0.2, 0) is 20.4 Å². The Morgan fingerprint density at radius 1 is 1.41 bits per heavy atom. The van der Waals surface area contributed by atoms with Gasteiger partial charge in [0, 0.05) is 23.6 Å². The van der Waals surface area contributed by atoms with Gasteiger partial charge >= 0.3 is 7.60 Å². The summed E-state index contributed by atoms with van der Waals surface area (Å²) in [5.41, 5.74) is -0.872. The quantitative estimate of drug-likeness (QED) is 0.190. The topological polar surface area (TPSA) is 162 Å². The van der Waals surface area contributed by atoms with Crippen LogP contribution in [0.25, 0.3) is 11.0 Å². The fraction of sp³-hybridized carbons (Fsp3) is 0.650. The Kier molecular flexibility index (Phi) is 7.53. The van der Waals surface area contributed by atoms with E-state index in [0.717, 1.165) is 13.8 Å². The number of aliphatic hydroxyl groups is 3. The Bertz CT molecular complexity index is 1180. The first-order valence-electron chi connectivity index (χ1n) is 10.6. The molecule has 0 aromatic carbocycles. The molecule has 1 fully saturated rings. The Hall–Kier alpha value is -1.57. The third-order valence-electron chi connectivity index (χ3n) is 6.07. The zero-order valence-corrected chi connectivity index (χ0v) is 21.0. The summed E-state index contributed by atoms with van der Waals surface area (Å²) < 4.78 is 39.4. The molecule has 34 heavy (non-hydrogen) atoms. The number of H-pyrrole nitrogens is 1. The van der Waals surface area contributed by atoms with E-state index in [1.54, 1.807) is 13.8 Å². The molecular formula is C20H30FN4O7PS. The number of nitrogens with one attached hydrogen (secondary N) is 1. The van der Waals surface area contributed by atoms with E-state index in [1.165, 1.54) is 10.8 Å². The molecule has 3 rings (SSSR count). The number of rotatable bonds is 9. The van der Waals surface area contributed by atoms with E-state index < -0.39 is 49.0 Å². The van der Waals surface area contributed by atoms with E-state index in [-0.39, 0.29) is 35.4 Å². The van der Waals surface area contributed by atoms with E-state index in [0.29, 0.717) is 5.39 Å². The molecule has 190 valence electrons. The highest BCUT2D eigenvalue weighted by atomic mass is 32.1. The largest absolute Gasteiger partial charge is 0.388 e. The molecule has 5 N–H and O–H groups in total. The second-order valence-electron chi connectivity index (χ2n) is 9.15. The lowest BCUT2D eigenvalue weighted by Crippen LogP contribution is -2.39. The number of fused-ring (bicyclic) bond motifs is 1. The molecule has 0 radical (unpaired) electrons. The van der Waals surface area contributed by atoms with Crippen LogP contribution in [0, 0.1) is 10.7 Å². The van der Waals surface area contributed by atoms with Crippen LogP contribution >= 0.6 is 19.8 Å². The van der Waals surface area contributed by atoms with Crippen molar-refractivity contribution >= 4 is 37.6 Å². The highest BCUT2D eigenvalue weighted by molar-refractivity contribution is 7.71. The highest BCUT2D eigenvalue weighted by Gasteiger charge is 2.50. The summed E-state index contributed by atoms with van der Waals surface area (Å²) in [7, 11) is -4.45. The minimum atomic E-state index is -4.45. The average Bonchev–Trinajstić information content (AvgIpc) is 3.16. The summed E-state index contributed by atoms with van der Waals surface area (Å²) >= 11 is 5.29. The standard InChI is InChI=1S/C20H30FN4O7PS/c1-6-20(4,32-33(29,30)19(2,3)28)7-12-13(26)14(27)17(31-12)25-9-11-10(8-22-5)15(21)23-16(11)24-18(25)34/h9,12-14,17,26-28H,5-8H2,1-4H3,(H,29,30)(H,23,24,34)/t12-,13?,14?,17-,20?/m1/s1. The van der Waals surface area contributed by atoms with Crippen molar-refractivity contribution < 1.29 is 38.4 Å². The number of aliphatic hydroxyl groups excluding tert-OH is 2. The van der Waals surface area contributed by atoms with Crippen LogP contribution in [0.15, 0.2) is 11.2 Å². The van der Waals surface area contributed by atoms with Gasteiger partial charge in [-0.3, -0.25) is 14.1 Å². The second kappa shape index (κ2) is 9.47. The van der Waals surface area contributed by atoms with Gasteiger partial charge in [0.15, 0.2) is 17.5 Å². The molecule has 1 aliphatic rings. The molecule has 0 aliphatic carbocycles. The fourth-order valence-electron chi connectivity index (χ4n) is 3.74. The van der Waals surface area contributed by atoms with Crippen molar-refractivity contribution in [3.05, 3.63) is 22.5 Å². The van der Waals surface area contributed by atoms with Gasteiger partial charge in [-0.05, 0) is 46.1 Å². The van der Waals surface area contributed by atoms with Crippen molar-refractivity contribution in [1.29, 1.82) is 0 Å². The van der Waals surface area contributed by atoms with Crippen LogP contribution in [0.2, 0.25) is 0 Å². The van der Waals surface area contributed by atoms with Crippen molar-refractivity contribution in [2.45, 2.75) is 82.6 Å². The monoisotopic (exact) mass is 520 g/mol. The first-order valence-corrected chi connectivity index (χ1v) is 12.6. The number of hydrogen-bond acceptors (Lipinski definition) is 9. The lowest BCUT2D eigenvalue weighted by Gasteiger charge is -2.36. The van der Waals surface area contributed by atoms with Gasteiger partial charge in [0.2, 0.25) is 4.77 Å². The van der Waals surface area contributed by atoms with Crippen LogP contribution in [-0.4, -0.2) is 70.7 Å². The van der Waals surface area contributed by atoms with Crippen molar-refractivity contribution in [2.24, 2.45) is 4.99 Å². The van der Waals surface area contributed by atoms with Crippen LogP contribution in [0.5, 0.6) is 0 Å². The van der Waals surface area contributed by atoms with Crippen molar-refractivity contribution in [2.75, 3.05) is 0 Å². The number of hydrogen-bond donors (Lipinski definition) is 5. The predicted molar refractivity (Wildman–Crippen MR) is 125 cm³/mol. The summed E-state index contributed by atoms with van der Waals surface area (Å²) in [4.78, 5) is 20.6. The summed E-state index contributed by atoms with van der Waals surface area (Å²) in [6.07, 6.45) is -3.38. The van der Waals surface area contributed by atoms with E-state index in [4.69, 9.17) is 21.5 Å². The maximum atomic E-state index is 14.3. The fourth-order valence-corrected chi connectivity index (χ4v) is 5.01. The lowest BCUT2D eigenvalue weighted by molar-refractivity contribution is -0.0702. The zero-order chi connectivity index (χ0) is 25.6. The number of nitrogens with zero attached hydrogens (tertiary/aromatic N) is 3. The van der Waals surface area contributed by atoms with E-state index in [9.17, 15) is 29.2 Å². The number of halogens is 1. The Morgan fingerprint density at radius 2 is 2.06 bits per heavy atom. The first-order chi connectivity index (χ1) is 15.6. The van der Waals surface area contributed by atoms with E-state index in [2.05, 4.69) is 21.7 Å². The molecule has 11 nitrogen and oxygen atoms in total. The van der Waals surface area contributed by atoms with E-state index >= 15 is 0 Å². The molecule has 3 heterocycles. The first kappa shape index (κ1) is 27.0. The molecule has 14 heteroatoms. The molecule has 0 spiro atoms. The minimum absolute atomic E-state index is 0.0156. The van der Waals surface area contributed by atoms with Gasteiger partial charge < -0.3 is 34.5 Å². The Balaban J connectivity index is 1.91. The van der Waals surface area contributed by atoms with Crippen LogP contribution in [0.3, 0.4) is 0 Å². The molecule has 0 saturated carbocycles. The van der Waals surface area contributed by atoms with Gasteiger partial charge in [-0.25, -0.2) is 4.98 Å². The second-order valence-corrected chi connectivity index (χ2v) is 11.8. The van der Waals surface area contributed by atoms with Gasteiger partial charge in [0.25, 0.3) is 0 Å². The van der Waals surface area contributed by atoms with Crippen molar-refractivity contribution in [1.82, 2.24) is 14.5 Å². The predicted octanol–water partition coefficient (Wildman–Crippen LogP) is 2.54. The van der Waals surface area contributed by atoms with Gasteiger partial charge in [-0.1, -0.05) is 6.92 Å². The number of aromatic nitrogens is 3. The zero-order valence-electron chi connectivity index (χ0n) is 19.3. The number of aromatic amines is 1. The molecule has 0 amide bonds. The SMILES string of the molecule is C=NCc1c(F)[nH]c2nc(=S)n([C@@H]3O[C@H](CC(C)(CC)OP(=O)(O)C(C)(C)O)C(O)C3O)cc12. The van der Waals surface area contributed by atoms with Gasteiger partial charge in [0.05, 0.1) is 18.2 Å². The number of ether oxygens (including phenoxy) is 1. The summed E-state index contributed by atoms with van der Waals surface area (Å²) in [6.45, 7) is 8.94. The molecule has 1 saturated heterocycles. The van der Waals surface area contributed by atoms with Crippen molar-refractivity contribution in [3.8, 4) is 0 Å². The van der Waals surface area contributed by atoms with Crippen molar-refractivity contribution in [3.63, 3.8) is 0 Å². The van der Waals surface area contributed by atoms with Crippen LogP contribution in [0.4, 0.5) is 4.39 Å². The van der Waals surface area contributed by atoms with Gasteiger partial charge in [-0.15, -0.1) is 0 Å². The van der Waals surface area contributed by atoms with E-state index in [1.807, 2.05) is 0 Å². The van der Waals surface area contributed by atoms with Gasteiger partial charge in [0.1, 0.15) is 17.9 Å². The van der Waals surface area contributed by atoms with Gasteiger partial charge in [-0.2, -0.15) is 4.39 Å².